The van der Waals surface area contributed by atoms with Gasteiger partial charge in [0, 0.05) is 13.1 Å². The summed E-state index contributed by atoms with van der Waals surface area (Å²) in [6.45, 7) is 4.30. The third kappa shape index (κ3) is 6.13. The molecule has 6 atom stereocenters. The van der Waals surface area contributed by atoms with Crippen LogP contribution in [0.2, 0.25) is 0 Å². The molecule has 0 saturated carbocycles. The monoisotopic (exact) mass is 557 g/mol. The summed E-state index contributed by atoms with van der Waals surface area (Å²) in [5.41, 5.74) is -1.28. The van der Waals surface area contributed by atoms with E-state index in [1.165, 1.54) is 7.05 Å². The van der Waals surface area contributed by atoms with E-state index in [9.17, 15) is 29.7 Å². The molecule has 3 rings (SSSR count). The number of hydrogen-bond acceptors (Lipinski definition) is 14. The molecule has 208 valence electrons. The van der Waals surface area contributed by atoms with Gasteiger partial charge in [0.15, 0.2) is 23.0 Å². The number of carboxylic acids is 1. The zero-order chi connectivity index (χ0) is 28.1. The van der Waals surface area contributed by atoms with Crippen LogP contribution in [0.15, 0.2) is 4.79 Å². The number of aliphatic hydroxyl groups is 2. The molecule has 6 unspecified atom stereocenters. The second kappa shape index (κ2) is 12.6. The Labute approximate surface area is 216 Å². The number of aromatic nitrogens is 5. The van der Waals surface area contributed by atoms with Gasteiger partial charge in [-0.15, -0.1) is 5.10 Å². The maximum absolute atomic E-state index is 13.2. The van der Waals surface area contributed by atoms with Gasteiger partial charge in [-0.2, -0.15) is 15.0 Å². The Hall–Kier alpha value is -3.10. The Morgan fingerprint density at radius 1 is 1.32 bits per heavy atom. The largest absolute Gasteiger partial charge is 0.479 e. The lowest BCUT2D eigenvalue weighted by Gasteiger charge is -2.26. The highest BCUT2D eigenvalue weighted by Crippen LogP contribution is 2.40. The molecule has 0 spiro atoms. The molecule has 17 nitrogen and oxygen atoms in total. The standard InChI is InChI=1S/C20H28N7O10P/c1-5-34-19(33)12-11-13(26(4)23-12)16(30)27(25-22-11)17-15(29)14(28)10(37-17)8-35-20(18(31)32)38(24-9(2)3)36-7-6-21/h9-10,14-15,17,20,24,28-29H,5,7-8H2,1-4H3,(H,31,32). The second-order valence-electron chi connectivity index (χ2n) is 8.34. The predicted octanol–water partition coefficient (Wildman–Crippen LogP) is -1.40. The fourth-order valence-electron chi connectivity index (χ4n) is 3.61. The first-order chi connectivity index (χ1) is 18.0. The van der Waals surface area contributed by atoms with Crippen molar-refractivity contribution in [2.45, 2.75) is 57.2 Å². The molecule has 0 aliphatic carbocycles. The molecule has 0 amide bonds. The average Bonchev–Trinajstić information content (AvgIpc) is 3.34. The van der Waals surface area contributed by atoms with Crippen LogP contribution in [0.4, 0.5) is 0 Å². The van der Waals surface area contributed by atoms with Gasteiger partial charge in [0.25, 0.3) is 5.56 Å². The first-order valence-electron chi connectivity index (χ1n) is 11.4. The predicted molar refractivity (Wildman–Crippen MR) is 127 cm³/mol. The number of aliphatic hydroxyl groups excluding tert-OH is 2. The van der Waals surface area contributed by atoms with E-state index in [1.54, 1.807) is 26.8 Å². The quantitative estimate of drug-likeness (QED) is 0.173. The SMILES string of the molecule is CCOC(=O)c1nn(C)c2c(=O)n(C3OC(COC(C(=O)O)P(NC(C)C)OCC#N)C(O)C3O)nnc12. The van der Waals surface area contributed by atoms with Gasteiger partial charge in [-0.05, 0) is 20.8 Å². The fourth-order valence-corrected chi connectivity index (χ4v) is 5.09. The van der Waals surface area contributed by atoms with Crippen LogP contribution in [0.3, 0.4) is 0 Å². The summed E-state index contributed by atoms with van der Waals surface area (Å²) in [4.78, 5) is 37.1. The number of ether oxygens (including phenoxy) is 3. The lowest BCUT2D eigenvalue weighted by atomic mass is 10.1. The third-order valence-electron chi connectivity index (χ3n) is 5.22. The molecule has 1 fully saturated rings. The van der Waals surface area contributed by atoms with Gasteiger partial charge < -0.3 is 34.1 Å². The summed E-state index contributed by atoms with van der Waals surface area (Å²) < 4.78 is 23.1. The highest BCUT2D eigenvalue weighted by atomic mass is 31.2. The maximum Gasteiger partial charge on any atom is 0.361 e. The van der Waals surface area contributed by atoms with E-state index in [4.69, 9.17) is 24.0 Å². The summed E-state index contributed by atoms with van der Waals surface area (Å²) in [6, 6.07) is 1.57. The Kier molecular flexibility index (Phi) is 9.79. The van der Waals surface area contributed by atoms with E-state index >= 15 is 0 Å². The number of aliphatic carboxylic acids is 1. The minimum absolute atomic E-state index is 0.0769. The zero-order valence-corrected chi connectivity index (χ0v) is 21.8. The van der Waals surface area contributed by atoms with Gasteiger partial charge in [0.05, 0.1) is 19.3 Å². The zero-order valence-electron chi connectivity index (χ0n) is 20.9. The number of nitrogens with zero attached hydrogens (tertiary/aromatic N) is 6. The second-order valence-corrected chi connectivity index (χ2v) is 9.98. The van der Waals surface area contributed by atoms with E-state index in [-0.39, 0.29) is 36.0 Å². The highest BCUT2D eigenvalue weighted by Gasteiger charge is 2.46. The number of nitriles is 1. The van der Waals surface area contributed by atoms with Crippen molar-refractivity contribution in [2.24, 2.45) is 7.05 Å². The molecule has 1 aliphatic heterocycles. The average molecular weight is 557 g/mol. The van der Waals surface area contributed by atoms with Crippen LogP contribution in [0.25, 0.3) is 11.0 Å². The third-order valence-corrected chi connectivity index (χ3v) is 7.19. The van der Waals surface area contributed by atoms with Crippen molar-refractivity contribution in [1.29, 1.82) is 5.26 Å². The topological polar surface area (TPSA) is 233 Å². The first kappa shape index (κ1) is 29.5. The number of carboxylic acid groups (broad SMARTS) is 1. The Bertz CT molecular complexity index is 1260. The Morgan fingerprint density at radius 3 is 2.63 bits per heavy atom. The Morgan fingerprint density at radius 2 is 2.03 bits per heavy atom. The molecule has 4 N–H and O–H groups in total. The van der Waals surface area contributed by atoms with Crippen molar-refractivity contribution in [3.63, 3.8) is 0 Å². The number of rotatable bonds is 12. The molecule has 0 radical (unpaired) electrons. The number of esters is 1. The lowest BCUT2D eigenvalue weighted by molar-refractivity contribution is -0.148. The summed E-state index contributed by atoms with van der Waals surface area (Å²) in [6.07, 6.45) is -6.05. The van der Waals surface area contributed by atoms with E-state index < -0.39 is 62.8 Å². The van der Waals surface area contributed by atoms with Gasteiger partial charge >= 0.3 is 11.9 Å². The summed E-state index contributed by atoms with van der Waals surface area (Å²) in [7, 11) is -0.561. The van der Waals surface area contributed by atoms with Gasteiger partial charge in [0.2, 0.25) is 5.85 Å². The highest BCUT2D eigenvalue weighted by molar-refractivity contribution is 7.52. The van der Waals surface area contributed by atoms with E-state index in [2.05, 4.69) is 20.5 Å². The van der Waals surface area contributed by atoms with E-state index in [0.29, 0.717) is 4.68 Å². The van der Waals surface area contributed by atoms with Crippen LogP contribution in [0, 0.1) is 11.3 Å². The van der Waals surface area contributed by atoms with Crippen molar-refractivity contribution in [2.75, 3.05) is 19.8 Å². The molecule has 38 heavy (non-hydrogen) atoms. The van der Waals surface area contributed by atoms with Gasteiger partial charge in [-0.3, -0.25) is 14.6 Å². The smallest absolute Gasteiger partial charge is 0.361 e. The number of aryl methyl sites for hydroxylation is 1. The van der Waals surface area contributed by atoms with Gasteiger partial charge in [-0.1, -0.05) is 5.21 Å². The molecule has 2 aromatic heterocycles. The van der Waals surface area contributed by atoms with Gasteiger partial charge in [0.1, 0.15) is 33.2 Å². The number of fused-ring (bicyclic) bond motifs is 1. The maximum atomic E-state index is 13.2. The van der Waals surface area contributed by atoms with Crippen molar-refractivity contribution in [1.82, 2.24) is 29.9 Å². The summed E-state index contributed by atoms with van der Waals surface area (Å²) in [5, 5.41) is 54.1. The van der Waals surface area contributed by atoms with Crippen LogP contribution >= 0.6 is 8.30 Å². The minimum Gasteiger partial charge on any atom is -0.479 e. The van der Waals surface area contributed by atoms with Crippen LogP contribution in [0.1, 0.15) is 37.5 Å². The molecule has 2 aromatic rings. The number of nitrogens with one attached hydrogen (secondary N) is 1. The molecule has 0 bridgehead atoms. The number of hydrogen-bond donors (Lipinski definition) is 4. The first-order valence-corrected chi connectivity index (χ1v) is 12.7. The molecule has 1 saturated heterocycles. The molecular weight excluding hydrogens is 529 g/mol. The van der Waals surface area contributed by atoms with Crippen molar-refractivity contribution in [3.8, 4) is 6.07 Å². The number of carbonyl (C=O) groups excluding carboxylic acids is 1. The van der Waals surface area contributed by atoms with Gasteiger partial charge in [-0.25, -0.2) is 9.59 Å². The van der Waals surface area contributed by atoms with Crippen LogP contribution in [-0.4, -0.2) is 102 Å². The summed E-state index contributed by atoms with van der Waals surface area (Å²) in [5.74, 6) is -3.72. The molecule has 0 aromatic carbocycles. The van der Waals surface area contributed by atoms with Crippen LogP contribution in [-0.2, 0) is 30.6 Å². The minimum atomic E-state index is -1.96. The van der Waals surface area contributed by atoms with E-state index in [1.807, 2.05) is 0 Å². The van der Waals surface area contributed by atoms with Crippen molar-refractivity contribution < 1.29 is 43.6 Å². The Balaban J connectivity index is 1.82. The fraction of sp³-hybridized carbons (Fsp3) is 0.650. The summed E-state index contributed by atoms with van der Waals surface area (Å²) >= 11 is 0. The lowest BCUT2D eigenvalue weighted by Crippen LogP contribution is -2.38. The molecule has 18 heteroatoms. The number of carbonyl (C=O) groups is 2. The van der Waals surface area contributed by atoms with Crippen LogP contribution < -0.4 is 10.6 Å². The molecule has 3 heterocycles. The normalized spacial score (nSPS) is 22.9. The van der Waals surface area contributed by atoms with Crippen molar-refractivity contribution >= 4 is 31.3 Å². The van der Waals surface area contributed by atoms with Crippen molar-refractivity contribution in [3.05, 3.63) is 16.0 Å². The van der Waals surface area contributed by atoms with E-state index in [0.717, 1.165) is 4.68 Å². The molecule has 1 aliphatic rings. The van der Waals surface area contributed by atoms with Crippen LogP contribution in [0.5, 0.6) is 0 Å². The molecular formula is C20H28N7O10P.